The topological polar surface area (TPSA) is 3.01 Å². The molecule has 0 bridgehead atoms. The second kappa shape index (κ2) is 34.7. The van der Waals surface area contributed by atoms with Gasteiger partial charge in [-0.1, -0.05) is 194 Å². The Labute approximate surface area is 243 Å². The van der Waals surface area contributed by atoms with E-state index in [-0.39, 0.29) is 0 Å². The molecule has 38 heavy (non-hydrogen) atoms. The molecule has 0 rings (SSSR count). The van der Waals surface area contributed by atoms with Crippen LogP contribution in [0.2, 0.25) is 0 Å². The first-order valence-electron chi connectivity index (χ1n) is 18.4. The third-order valence-corrected chi connectivity index (χ3v) is 8.66. The van der Waals surface area contributed by atoms with Crippen LogP contribution in [-0.4, -0.2) is 24.4 Å². The van der Waals surface area contributed by atoms with E-state index in [1.54, 1.807) is 0 Å². The minimum absolute atomic E-state index is 1.21. The minimum atomic E-state index is 1.21. The predicted octanol–water partition coefficient (Wildman–Crippen LogP) is 13.2. The highest BCUT2D eigenvalue weighted by atomic mass is 15.0. The van der Waals surface area contributed by atoms with Crippen LogP contribution in [0.5, 0.6) is 0 Å². The summed E-state index contributed by atoms with van der Waals surface area (Å²) in [6.45, 7) is 11.3. The monoisotopic (exact) mass is 535 g/mol. The zero-order valence-corrected chi connectivity index (χ0v) is 27.2. The zero-order chi connectivity index (χ0) is 27.6. The summed E-state index contributed by atoms with van der Waals surface area (Å²) in [4.78, 5) is 0. The van der Waals surface area contributed by atoms with Gasteiger partial charge in [0.1, 0.15) is 19.8 Å². The molecule has 0 unspecified atom stereocenters. The lowest BCUT2D eigenvalue weighted by Crippen LogP contribution is -2.12. The molecule has 0 N–H and O–H groups in total. The molecule has 0 aromatic carbocycles. The lowest BCUT2D eigenvalue weighted by atomic mass is 10.0. The van der Waals surface area contributed by atoms with Crippen molar-refractivity contribution in [3.8, 4) is 0 Å². The molecular weight excluding hydrogens is 458 g/mol. The van der Waals surface area contributed by atoms with Gasteiger partial charge >= 0.3 is 0 Å². The van der Waals surface area contributed by atoms with Crippen LogP contribution in [0.4, 0.5) is 0 Å². The molecule has 0 atom stereocenters. The molecule has 0 heterocycles. The van der Waals surface area contributed by atoms with Crippen molar-refractivity contribution in [1.82, 2.24) is 0 Å². The Kier molecular flexibility index (Phi) is 34.4. The molecule has 1 heteroatoms. The fourth-order valence-corrected chi connectivity index (χ4v) is 5.88. The molecule has 0 spiro atoms. The highest BCUT2D eigenvalue weighted by Crippen LogP contribution is 2.15. The first kappa shape index (κ1) is 37.7. The van der Waals surface area contributed by atoms with Gasteiger partial charge in [0.05, 0.1) is 0 Å². The molecule has 228 valence electrons. The van der Waals surface area contributed by atoms with Gasteiger partial charge < -0.3 is 0 Å². The van der Waals surface area contributed by atoms with Crippen LogP contribution in [0.1, 0.15) is 219 Å². The van der Waals surface area contributed by atoms with Crippen molar-refractivity contribution >= 4 is 6.72 Å². The summed E-state index contributed by atoms with van der Waals surface area (Å²) in [5.74, 6) is 0. The number of nitrogens with zero attached hydrogens (tertiary/aromatic N) is 1. The maximum Gasteiger partial charge on any atom is 0.142 e. The highest BCUT2D eigenvalue weighted by molar-refractivity contribution is 5.14. The van der Waals surface area contributed by atoms with Gasteiger partial charge in [-0.05, 0) is 12.8 Å². The average Bonchev–Trinajstić information content (AvgIpc) is 2.92. The lowest BCUT2D eigenvalue weighted by Gasteiger charge is -2.05. The first-order chi connectivity index (χ1) is 18.8. The fraction of sp³-hybridized carbons (Fsp3) is 0.973. The van der Waals surface area contributed by atoms with Crippen LogP contribution >= 0.6 is 0 Å². The highest BCUT2D eigenvalue weighted by Gasteiger charge is 2.02. The number of unbranched alkanes of at least 4 members (excludes halogenated alkanes) is 30. The van der Waals surface area contributed by atoms with Crippen molar-refractivity contribution in [2.45, 2.75) is 219 Å². The quantitative estimate of drug-likeness (QED) is 0.0438. The van der Waals surface area contributed by atoms with Gasteiger partial charge in [0, 0.05) is 12.8 Å². The summed E-state index contributed by atoms with van der Waals surface area (Å²) >= 11 is 0. The second-order valence-electron chi connectivity index (χ2n) is 12.7. The van der Waals surface area contributed by atoms with E-state index in [2.05, 4.69) is 25.1 Å². The van der Waals surface area contributed by atoms with Gasteiger partial charge in [-0.3, -0.25) is 0 Å². The summed E-state index contributed by atoms with van der Waals surface area (Å²) in [6, 6.07) is 0. The number of rotatable bonds is 34. The Bertz CT molecular complexity index is 390. The van der Waals surface area contributed by atoms with Crippen molar-refractivity contribution in [2.24, 2.45) is 0 Å². The summed E-state index contributed by atoms with van der Waals surface area (Å²) in [5.41, 5.74) is 0. The van der Waals surface area contributed by atoms with Gasteiger partial charge in [-0.25, -0.2) is 4.58 Å². The van der Waals surface area contributed by atoms with Crippen LogP contribution in [0.15, 0.2) is 0 Å². The molecule has 0 aromatic rings. The van der Waals surface area contributed by atoms with Crippen LogP contribution in [-0.2, 0) is 0 Å². The molecule has 1 nitrogen and oxygen atoms in total. The van der Waals surface area contributed by atoms with Crippen LogP contribution < -0.4 is 0 Å². The molecule has 0 saturated heterocycles. The van der Waals surface area contributed by atoms with E-state index in [0.717, 1.165) is 0 Å². The first-order valence-corrected chi connectivity index (χ1v) is 18.4. The van der Waals surface area contributed by atoms with Crippen molar-refractivity contribution in [3.05, 3.63) is 0 Å². The molecule has 0 aliphatic carbocycles. The molecule has 0 fully saturated rings. The normalized spacial score (nSPS) is 11.4. The molecule has 0 saturated carbocycles. The number of hydrogen-bond acceptors (Lipinski definition) is 0. The number of hydrogen-bond donors (Lipinski definition) is 0. The van der Waals surface area contributed by atoms with Gasteiger partial charge in [-0.2, -0.15) is 0 Å². The SMILES string of the molecule is C=[N+](CCCCCCCCCCCCCCCCCC)CCCCCCCCCCCCCCCCCC. The smallest absolute Gasteiger partial charge is 0.142 e. The summed E-state index contributed by atoms with van der Waals surface area (Å²) in [6.07, 6.45) is 46.4. The lowest BCUT2D eigenvalue weighted by molar-refractivity contribution is -0.520. The molecule has 0 aliphatic rings. The standard InChI is InChI=1S/C37H76N/c1-4-6-8-10-12-14-16-18-20-22-24-26-28-30-32-34-36-38(3)37-35-33-31-29-27-25-23-21-19-17-15-13-11-9-7-5-2/h3-37H2,1-2H3/q+1. The van der Waals surface area contributed by atoms with E-state index in [1.165, 1.54) is 219 Å². The van der Waals surface area contributed by atoms with E-state index in [1.807, 2.05) is 0 Å². The predicted molar refractivity (Wildman–Crippen MR) is 176 cm³/mol. The maximum absolute atomic E-state index is 4.29. The fourth-order valence-electron chi connectivity index (χ4n) is 5.88. The van der Waals surface area contributed by atoms with Crippen molar-refractivity contribution in [3.63, 3.8) is 0 Å². The third-order valence-electron chi connectivity index (χ3n) is 8.66. The molecular formula is C37H76N+. The Balaban J connectivity index is 3.14. The van der Waals surface area contributed by atoms with Gasteiger partial charge in [0.2, 0.25) is 0 Å². The molecule has 0 radical (unpaired) electrons. The largest absolute Gasteiger partial charge is 0.242 e. The summed E-state index contributed by atoms with van der Waals surface area (Å²) in [7, 11) is 0. The van der Waals surface area contributed by atoms with E-state index in [4.69, 9.17) is 0 Å². The van der Waals surface area contributed by atoms with Gasteiger partial charge in [-0.15, -0.1) is 0 Å². The van der Waals surface area contributed by atoms with Crippen LogP contribution in [0.3, 0.4) is 0 Å². The Morgan fingerprint density at radius 3 is 0.605 bits per heavy atom. The van der Waals surface area contributed by atoms with Gasteiger partial charge in [0.15, 0.2) is 0 Å². The van der Waals surface area contributed by atoms with E-state index >= 15 is 0 Å². The summed E-state index contributed by atoms with van der Waals surface area (Å²) in [5, 5.41) is 0. The van der Waals surface area contributed by atoms with Crippen LogP contribution in [0, 0.1) is 0 Å². The molecule has 0 amide bonds. The Morgan fingerprint density at radius 1 is 0.263 bits per heavy atom. The maximum atomic E-state index is 4.29. The summed E-state index contributed by atoms with van der Waals surface area (Å²) < 4.78 is 2.34. The second-order valence-corrected chi connectivity index (χ2v) is 12.7. The van der Waals surface area contributed by atoms with Crippen LogP contribution in [0.25, 0.3) is 0 Å². The Morgan fingerprint density at radius 2 is 0.421 bits per heavy atom. The van der Waals surface area contributed by atoms with Crippen molar-refractivity contribution < 1.29 is 4.58 Å². The van der Waals surface area contributed by atoms with E-state index < -0.39 is 0 Å². The molecule has 0 aliphatic heterocycles. The van der Waals surface area contributed by atoms with Crippen molar-refractivity contribution in [1.29, 1.82) is 0 Å². The van der Waals surface area contributed by atoms with E-state index in [9.17, 15) is 0 Å². The van der Waals surface area contributed by atoms with E-state index in [0.29, 0.717) is 0 Å². The minimum Gasteiger partial charge on any atom is -0.242 e. The third kappa shape index (κ3) is 33.7. The zero-order valence-electron chi connectivity index (χ0n) is 27.2. The average molecular weight is 535 g/mol. The molecule has 0 aromatic heterocycles. The van der Waals surface area contributed by atoms with Gasteiger partial charge in [0.25, 0.3) is 0 Å². The van der Waals surface area contributed by atoms with Crippen molar-refractivity contribution in [2.75, 3.05) is 13.1 Å². The Hall–Kier alpha value is -0.330.